The van der Waals surface area contributed by atoms with E-state index in [9.17, 15) is 13.6 Å². The van der Waals surface area contributed by atoms with Crippen molar-refractivity contribution in [3.05, 3.63) is 11.9 Å². The summed E-state index contributed by atoms with van der Waals surface area (Å²) in [6, 6.07) is 0. The normalized spacial score (nSPS) is 31.3. The van der Waals surface area contributed by atoms with Crippen molar-refractivity contribution in [2.24, 2.45) is 0 Å². The van der Waals surface area contributed by atoms with Crippen molar-refractivity contribution in [1.82, 2.24) is 0 Å². The van der Waals surface area contributed by atoms with E-state index in [-0.39, 0.29) is 6.42 Å². The molecule has 0 aromatic heterocycles. The molecule has 0 radical (unpaired) electrons. The second-order valence-electron chi connectivity index (χ2n) is 2.55. The van der Waals surface area contributed by atoms with Crippen molar-refractivity contribution in [2.45, 2.75) is 24.9 Å². The molecule has 0 bridgehead atoms. The SMILES string of the molecule is O=C(O)C1(F)CCCC=C1F. The summed E-state index contributed by atoms with van der Waals surface area (Å²) in [6.45, 7) is 0. The van der Waals surface area contributed by atoms with Crippen LogP contribution in [-0.2, 0) is 4.79 Å². The summed E-state index contributed by atoms with van der Waals surface area (Å²) in [4.78, 5) is 10.2. The molecule has 2 nitrogen and oxygen atoms in total. The van der Waals surface area contributed by atoms with Gasteiger partial charge in [-0.1, -0.05) is 0 Å². The first-order chi connectivity index (χ1) is 5.07. The number of aliphatic carboxylic acids is 1. The number of carboxylic acids is 1. The maximum Gasteiger partial charge on any atom is 0.348 e. The topological polar surface area (TPSA) is 37.3 Å². The molecule has 0 saturated carbocycles. The molecule has 0 saturated heterocycles. The molecule has 0 fully saturated rings. The molecular weight excluding hydrogens is 154 g/mol. The van der Waals surface area contributed by atoms with Crippen LogP contribution >= 0.6 is 0 Å². The summed E-state index contributed by atoms with van der Waals surface area (Å²) >= 11 is 0. The predicted octanol–water partition coefficient (Wildman–Crippen LogP) is 1.82. The van der Waals surface area contributed by atoms with Crippen molar-refractivity contribution < 1.29 is 18.7 Å². The third kappa shape index (κ3) is 1.25. The number of carboxylic acid groups (broad SMARTS) is 1. The van der Waals surface area contributed by atoms with E-state index in [2.05, 4.69) is 0 Å². The Morgan fingerprint density at radius 1 is 1.73 bits per heavy atom. The van der Waals surface area contributed by atoms with Gasteiger partial charge in [0.25, 0.3) is 5.67 Å². The van der Waals surface area contributed by atoms with Crippen LogP contribution in [0.5, 0.6) is 0 Å². The monoisotopic (exact) mass is 162 g/mol. The fourth-order valence-electron chi connectivity index (χ4n) is 1.06. The van der Waals surface area contributed by atoms with E-state index < -0.39 is 17.5 Å². The van der Waals surface area contributed by atoms with Crippen LogP contribution in [0.4, 0.5) is 8.78 Å². The minimum atomic E-state index is -2.75. The number of halogens is 2. The lowest BCUT2D eigenvalue weighted by Crippen LogP contribution is -2.35. The summed E-state index contributed by atoms with van der Waals surface area (Å²) in [5.41, 5.74) is -2.75. The molecule has 0 heterocycles. The van der Waals surface area contributed by atoms with Gasteiger partial charge in [0, 0.05) is 0 Å². The van der Waals surface area contributed by atoms with Crippen LogP contribution < -0.4 is 0 Å². The number of rotatable bonds is 1. The van der Waals surface area contributed by atoms with Crippen molar-refractivity contribution >= 4 is 5.97 Å². The molecule has 1 unspecified atom stereocenters. The number of alkyl halides is 1. The molecule has 0 aromatic rings. The Hall–Kier alpha value is -0.930. The lowest BCUT2D eigenvalue weighted by molar-refractivity contribution is -0.150. The summed E-state index contributed by atoms with van der Waals surface area (Å²) in [5, 5.41) is 8.31. The fraction of sp³-hybridized carbons (Fsp3) is 0.571. The second kappa shape index (κ2) is 2.60. The highest BCUT2D eigenvalue weighted by Gasteiger charge is 2.44. The zero-order valence-corrected chi connectivity index (χ0v) is 5.81. The number of allylic oxidation sites excluding steroid dienone is 1. The van der Waals surface area contributed by atoms with Gasteiger partial charge in [-0.25, -0.2) is 13.6 Å². The largest absolute Gasteiger partial charge is 0.479 e. The average Bonchev–Trinajstić information content (AvgIpc) is 1.95. The number of hydrogen-bond acceptors (Lipinski definition) is 1. The van der Waals surface area contributed by atoms with Crippen LogP contribution in [0.2, 0.25) is 0 Å². The molecule has 1 N–H and O–H groups in total. The van der Waals surface area contributed by atoms with E-state index >= 15 is 0 Å². The molecule has 1 rings (SSSR count). The molecule has 4 heteroatoms. The molecule has 1 atom stereocenters. The summed E-state index contributed by atoms with van der Waals surface area (Å²) in [6.07, 6.45) is 1.54. The third-order valence-electron chi connectivity index (χ3n) is 1.77. The summed E-state index contributed by atoms with van der Waals surface area (Å²) in [5.74, 6) is -2.89. The molecule has 0 amide bonds. The van der Waals surface area contributed by atoms with Gasteiger partial charge >= 0.3 is 5.97 Å². The quantitative estimate of drug-likeness (QED) is 0.638. The maximum atomic E-state index is 13.0. The van der Waals surface area contributed by atoms with Crippen molar-refractivity contribution in [3.8, 4) is 0 Å². The fourth-order valence-corrected chi connectivity index (χ4v) is 1.06. The molecule has 11 heavy (non-hydrogen) atoms. The van der Waals surface area contributed by atoms with Gasteiger partial charge in [0.15, 0.2) is 0 Å². The standard InChI is InChI=1S/C7H8F2O2/c8-5-3-1-2-4-7(5,9)6(10)11/h3H,1-2,4H2,(H,10,11). The molecule has 1 aliphatic rings. The molecule has 0 aliphatic heterocycles. The number of hydrogen-bond donors (Lipinski definition) is 1. The van der Waals surface area contributed by atoms with Gasteiger partial charge in [0.05, 0.1) is 0 Å². The van der Waals surface area contributed by atoms with Gasteiger partial charge in [-0.2, -0.15) is 0 Å². The van der Waals surface area contributed by atoms with Crippen LogP contribution in [0.1, 0.15) is 19.3 Å². The van der Waals surface area contributed by atoms with E-state index in [1.807, 2.05) is 0 Å². The van der Waals surface area contributed by atoms with Gasteiger partial charge in [-0.15, -0.1) is 0 Å². The van der Waals surface area contributed by atoms with Gasteiger partial charge in [-0.05, 0) is 25.3 Å². The van der Waals surface area contributed by atoms with Gasteiger partial charge < -0.3 is 5.11 Å². The Bertz CT molecular complexity index is 212. The van der Waals surface area contributed by atoms with Crippen molar-refractivity contribution in [1.29, 1.82) is 0 Å². The van der Waals surface area contributed by atoms with Crippen LogP contribution in [0.3, 0.4) is 0 Å². The highest BCUT2D eigenvalue weighted by Crippen LogP contribution is 2.33. The lowest BCUT2D eigenvalue weighted by atomic mass is 9.92. The Balaban J connectivity index is 2.92. The Morgan fingerprint density at radius 2 is 2.36 bits per heavy atom. The van der Waals surface area contributed by atoms with E-state index in [1.54, 1.807) is 0 Å². The van der Waals surface area contributed by atoms with E-state index in [0.717, 1.165) is 6.08 Å². The van der Waals surface area contributed by atoms with Crippen LogP contribution in [0, 0.1) is 0 Å². The highest BCUT2D eigenvalue weighted by molar-refractivity contribution is 5.81. The zero-order chi connectivity index (χ0) is 8.48. The molecule has 0 spiro atoms. The van der Waals surface area contributed by atoms with Crippen molar-refractivity contribution in [3.63, 3.8) is 0 Å². The molecular formula is C7H8F2O2. The maximum absolute atomic E-state index is 13.0. The van der Waals surface area contributed by atoms with Crippen LogP contribution in [0.15, 0.2) is 11.9 Å². The van der Waals surface area contributed by atoms with Gasteiger partial charge in [-0.3, -0.25) is 0 Å². The van der Waals surface area contributed by atoms with E-state index in [1.165, 1.54) is 0 Å². The van der Waals surface area contributed by atoms with E-state index in [4.69, 9.17) is 5.11 Å². The van der Waals surface area contributed by atoms with Crippen molar-refractivity contribution in [2.75, 3.05) is 0 Å². The smallest absolute Gasteiger partial charge is 0.348 e. The minimum Gasteiger partial charge on any atom is -0.479 e. The van der Waals surface area contributed by atoms with Crippen LogP contribution in [-0.4, -0.2) is 16.7 Å². The first kappa shape index (κ1) is 8.17. The first-order valence-corrected chi connectivity index (χ1v) is 3.36. The predicted molar refractivity (Wildman–Crippen MR) is 34.5 cm³/mol. The highest BCUT2D eigenvalue weighted by atomic mass is 19.2. The molecule has 0 aromatic carbocycles. The minimum absolute atomic E-state index is 0.259. The Morgan fingerprint density at radius 3 is 2.73 bits per heavy atom. The summed E-state index contributed by atoms with van der Waals surface area (Å²) in [7, 11) is 0. The lowest BCUT2D eigenvalue weighted by Gasteiger charge is -2.21. The summed E-state index contributed by atoms with van der Waals surface area (Å²) < 4.78 is 25.6. The Kier molecular flexibility index (Phi) is 1.93. The Labute approximate surface area is 62.5 Å². The average molecular weight is 162 g/mol. The second-order valence-corrected chi connectivity index (χ2v) is 2.55. The first-order valence-electron chi connectivity index (χ1n) is 3.36. The van der Waals surface area contributed by atoms with Crippen LogP contribution in [0.25, 0.3) is 0 Å². The number of carbonyl (C=O) groups is 1. The zero-order valence-electron chi connectivity index (χ0n) is 5.81. The van der Waals surface area contributed by atoms with E-state index in [0.29, 0.717) is 12.8 Å². The molecule has 62 valence electrons. The van der Waals surface area contributed by atoms with Gasteiger partial charge in [0.1, 0.15) is 5.83 Å². The van der Waals surface area contributed by atoms with Gasteiger partial charge in [0.2, 0.25) is 0 Å². The molecule has 1 aliphatic carbocycles. The third-order valence-corrected chi connectivity index (χ3v) is 1.77.